The third kappa shape index (κ3) is 4.57. The average Bonchev–Trinajstić information content (AvgIpc) is 3.39. The van der Waals surface area contributed by atoms with E-state index in [2.05, 4.69) is 14.3 Å². The van der Waals surface area contributed by atoms with Crippen molar-refractivity contribution in [3.8, 4) is 22.6 Å². The van der Waals surface area contributed by atoms with Gasteiger partial charge in [0, 0.05) is 48.1 Å². The molecular weight excluding hydrogens is 454 g/mol. The maximum absolute atomic E-state index is 14.6. The van der Waals surface area contributed by atoms with Crippen molar-refractivity contribution in [1.82, 2.24) is 14.5 Å². The number of nitrogens with zero attached hydrogens (tertiary/aromatic N) is 3. The van der Waals surface area contributed by atoms with Gasteiger partial charge in [0.05, 0.1) is 6.54 Å². The Bertz CT molecular complexity index is 1250. The number of rotatable bonds is 6. The third-order valence-corrected chi connectivity index (χ3v) is 6.28. The lowest BCUT2D eigenvalue weighted by Gasteiger charge is -2.31. The van der Waals surface area contributed by atoms with E-state index in [4.69, 9.17) is 4.74 Å². The lowest BCUT2D eigenvalue weighted by atomic mass is 10.00. The number of aryl methyl sites for hydroxylation is 1. The van der Waals surface area contributed by atoms with E-state index in [0.29, 0.717) is 36.0 Å². The van der Waals surface area contributed by atoms with Crippen LogP contribution in [0.3, 0.4) is 0 Å². The van der Waals surface area contributed by atoms with Gasteiger partial charge in [0.25, 0.3) is 0 Å². The van der Waals surface area contributed by atoms with Crippen LogP contribution in [0.2, 0.25) is 0 Å². The predicted octanol–water partition coefficient (Wildman–Crippen LogP) is 5.69. The summed E-state index contributed by atoms with van der Waals surface area (Å²) < 4.78 is 63.1. The van der Waals surface area contributed by atoms with Crippen molar-refractivity contribution in [1.29, 1.82) is 0 Å². The fourth-order valence-electron chi connectivity index (χ4n) is 4.33. The molecule has 1 saturated carbocycles. The zero-order valence-corrected chi connectivity index (χ0v) is 18.2. The minimum Gasteiger partial charge on any atom is -0.410 e. The number of fused-ring (bicyclic) bond motifs is 1. The number of carbonyl (C=O) groups excluding carboxylic acids is 1. The number of hydrogen-bond donors (Lipinski definition) is 0. The highest BCUT2D eigenvalue weighted by atomic mass is 19.4. The molecular formula is C24H21F4N3O3. The normalized spacial score (nSPS) is 16.7. The number of imidazole rings is 1. The van der Waals surface area contributed by atoms with E-state index in [1.165, 1.54) is 6.07 Å². The molecule has 0 saturated heterocycles. The third-order valence-electron chi connectivity index (χ3n) is 6.28. The van der Waals surface area contributed by atoms with Crippen LogP contribution in [-0.2, 0) is 13.1 Å². The van der Waals surface area contributed by atoms with Crippen molar-refractivity contribution in [2.45, 2.75) is 39.2 Å². The number of benzene rings is 2. The van der Waals surface area contributed by atoms with Gasteiger partial charge < -0.3 is 18.9 Å². The van der Waals surface area contributed by atoms with Crippen molar-refractivity contribution < 1.29 is 31.8 Å². The fourth-order valence-corrected chi connectivity index (χ4v) is 4.33. The maximum atomic E-state index is 14.6. The maximum Gasteiger partial charge on any atom is 0.573 e. The Balaban J connectivity index is 1.34. The molecule has 2 heterocycles. The van der Waals surface area contributed by atoms with Gasteiger partial charge >= 0.3 is 12.5 Å². The lowest BCUT2D eigenvalue weighted by molar-refractivity contribution is -0.274. The van der Waals surface area contributed by atoms with Crippen molar-refractivity contribution in [3.63, 3.8) is 0 Å². The minimum absolute atomic E-state index is 0.0417. The molecule has 3 aromatic rings. The van der Waals surface area contributed by atoms with E-state index >= 15 is 0 Å². The first-order valence-corrected chi connectivity index (χ1v) is 10.7. The van der Waals surface area contributed by atoms with Crippen molar-refractivity contribution >= 4 is 6.09 Å². The van der Waals surface area contributed by atoms with Gasteiger partial charge in [-0.2, -0.15) is 0 Å². The molecule has 1 aromatic heterocycles. The molecule has 6 nitrogen and oxygen atoms in total. The number of halogens is 4. The molecule has 1 amide bonds. The van der Waals surface area contributed by atoms with Gasteiger partial charge in [-0.3, -0.25) is 0 Å². The highest BCUT2D eigenvalue weighted by molar-refractivity contribution is 5.75. The summed E-state index contributed by atoms with van der Waals surface area (Å²) in [7, 11) is 0. The summed E-state index contributed by atoms with van der Waals surface area (Å²) in [5, 5.41) is 0. The molecule has 0 radical (unpaired) electrons. The number of ether oxygens (including phenoxy) is 2. The van der Waals surface area contributed by atoms with Gasteiger partial charge in [-0.15, -0.1) is 13.2 Å². The standard InChI is InChI=1S/C24H21F4N3O3/c1-15-29-8-9-30(15)13-23(6-7-23)14-31-12-17-10-16(2-5-21(17)33-22(31)32)19-4-3-18(11-20(19)25)34-24(26,27)28/h2-5,8-11H,6-7,12-14H2,1H3. The molecule has 0 bridgehead atoms. The van der Waals surface area contributed by atoms with E-state index in [1.807, 2.05) is 13.1 Å². The molecule has 0 spiro atoms. The van der Waals surface area contributed by atoms with Crippen molar-refractivity contribution in [2.24, 2.45) is 5.41 Å². The van der Waals surface area contributed by atoms with Crippen LogP contribution in [0.25, 0.3) is 11.1 Å². The summed E-state index contributed by atoms with van der Waals surface area (Å²) in [4.78, 5) is 18.5. The minimum atomic E-state index is -4.90. The molecule has 1 aliphatic carbocycles. The summed E-state index contributed by atoms with van der Waals surface area (Å²) in [6, 6.07) is 7.82. The van der Waals surface area contributed by atoms with E-state index in [-0.39, 0.29) is 11.0 Å². The second-order valence-corrected chi connectivity index (χ2v) is 8.84. The lowest BCUT2D eigenvalue weighted by Crippen LogP contribution is -2.41. The Kier molecular flexibility index (Phi) is 5.26. The SMILES string of the molecule is Cc1nccn1CC1(CN2Cc3cc(-c4ccc(OC(F)(F)F)cc4F)ccc3OC2=O)CC1. The molecule has 0 atom stereocenters. The molecule has 178 valence electrons. The van der Waals surface area contributed by atoms with Gasteiger partial charge in [0.15, 0.2) is 0 Å². The molecule has 0 unspecified atom stereocenters. The number of aromatic nitrogens is 2. The number of amides is 1. The van der Waals surface area contributed by atoms with Gasteiger partial charge in [0.2, 0.25) is 0 Å². The molecule has 2 aliphatic rings. The van der Waals surface area contributed by atoms with Crippen LogP contribution in [0.4, 0.5) is 22.4 Å². The Morgan fingerprint density at radius 2 is 1.94 bits per heavy atom. The van der Waals surface area contributed by atoms with Crippen LogP contribution in [0, 0.1) is 18.2 Å². The first-order valence-electron chi connectivity index (χ1n) is 10.7. The van der Waals surface area contributed by atoms with Gasteiger partial charge in [-0.05, 0) is 49.6 Å². The fraction of sp³-hybridized carbons (Fsp3) is 0.333. The summed E-state index contributed by atoms with van der Waals surface area (Å²) in [5.74, 6) is -0.178. The predicted molar refractivity (Wildman–Crippen MR) is 114 cm³/mol. The first-order chi connectivity index (χ1) is 16.1. The van der Waals surface area contributed by atoms with Gasteiger partial charge in [0.1, 0.15) is 23.1 Å². The number of carbonyl (C=O) groups is 1. The second kappa shape index (κ2) is 8.03. The molecule has 10 heteroatoms. The van der Waals surface area contributed by atoms with E-state index in [1.54, 1.807) is 29.3 Å². The topological polar surface area (TPSA) is 56.6 Å². The Morgan fingerprint density at radius 1 is 1.15 bits per heavy atom. The van der Waals surface area contributed by atoms with Crippen molar-refractivity contribution in [2.75, 3.05) is 6.54 Å². The zero-order valence-electron chi connectivity index (χ0n) is 18.2. The number of hydrogen-bond acceptors (Lipinski definition) is 4. The summed E-state index contributed by atoms with van der Waals surface area (Å²) in [5.41, 5.74) is 1.24. The Labute approximate surface area is 192 Å². The summed E-state index contributed by atoms with van der Waals surface area (Å²) >= 11 is 0. The van der Waals surface area contributed by atoms with Crippen LogP contribution >= 0.6 is 0 Å². The molecule has 1 fully saturated rings. The van der Waals surface area contributed by atoms with E-state index < -0.39 is 24.0 Å². The monoisotopic (exact) mass is 475 g/mol. The van der Waals surface area contributed by atoms with Gasteiger partial charge in [-0.1, -0.05) is 6.07 Å². The van der Waals surface area contributed by atoms with Crippen molar-refractivity contribution in [3.05, 3.63) is 66.0 Å². The molecule has 1 aliphatic heterocycles. The summed E-state index contributed by atoms with van der Waals surface area (Å²) in [6.45, 7) is 3.51. The second-order valence-electron chi connectivity index (χ2n) is 8.84. The van der Waals surface area contributed by atoms with Crippen LogP contribution < -0.4 is 9.47 Å². The van der Waals surface area contributed by atoms with Crippen LogP contribution in [-0.4, -0.2) is 33.5 Å². The largest absolute Gasteiger partial charge is 0.573 e. The average molecular weight is 475 g/mol. The highest BCUT2D eigenvalue weighted by Crippen LogP contribution is 2.48. The first kappa shape index (κ1) is 22.2. The quantitative estimate of drug-likeness (QED) is 0.430. The zero-order chi connectivity index (χ0) is 24.1. The van der Waals surface area contributed by atoms with Gasteiger partial charge in [-0.25, -0.2) is 14.2 Å². The molecule has 5 rings (SSSR count). The molecule has 34 heavy (non-hydrogen) atoms. The van der Waals surface area contributed by atoms with Crippen LogP contribution in [0.5, 0.6) is 11.5 Å². The van der Waals surface area contributed by atoms with Crippen LogP contribution in [0.1, 0.15) is 24.2 Å². The highest BCUT2D eigenvalue weighted by Gasteiger charge is 2.46. The Morgan fingerprint density at radius 3 is 2.59 bits per heavy atom. The van der Waals surface area contributed by atoms with E-state index in [0.717, 1.165) is 31.3 Å². The summed E-state index contributed by atoms with van der Waals surface area (Å²) in [6.07, 6.45) is 0.304. The smallest absolute Gasteiger partial charge is 0.410 e. The van der Waals surface area contributed by atoms with E-state index in [9.17, 15) is 22.4 Å². The Hall–Kier alpha value is -3.56. The number of alkyl halides is 3. The van der Waals surface area contributed by atoms with Crippen LogP contribution in [0.15, 0.2) is 48.8 Å². The molecule has 2 aromatic carbocycles. The molecule has 0 N–H and O–H groups in total.